The lowest BCUT2D eigenvalue weighted by Gasteiger charge is -2.03. The van der Waals surface area contributed by atoms with Crippen molar-refractivity contribution >= 4 is 5.97 Å². The first-order valence-electron chi connectivity index (χ1n) is 6.56. The third-order valence-corrected chi connectivity index (χ3v) is 2.66. The second-order valence-electron chi connectivity index (χ2n) is 5.05. The minimum Gasteiger partial charge on any atom is -0.423 e. The predicted molar refractivity (Wildman–Crippen MR) is 79.2 cm³/mol. The summed E-state index contributed by atoms with van der Waals surface area (Å²) in [6, 6.07) is 7.49. The average molecular weight is 258 g/mol. The molecule has 1 aromatic carbocycles. The van der Waals surface area contributed by atoms with Gasteiger partial charge in [0.15, 0.2) is 0 Å². The van der Waals surface area contributed by atoms with Crippen LogP contribution in [0.1, 0.15) is 39.2 Å². The van der Waals surface area contributed by atoms with Gasteiger partial charge < -0.3 is 4.74 Å². The highest BCUT2D eigenvalue weighted by molar-refractivity contribution is 5.84. The average Bonchev–Trinajstić information content (AvgIpc) is 2.27. The molecule has 0 fully saturated rings. The molecule has 2 nitrogen and oxygen atoms in total. The van der Waals surface area contributed by atoms with Crippen molar-refractivity contribution in [3.05, 3.63) is 53.1 Å². The zero-order valence-electron chi connectivity index (χ0n) is 12.2. The number of ether oxygens (including phenoxy) is 1. The maximum atomic E-state index is 11.7. The van der Waals surface area contributed by atoms with Crippen molar-refractivity contribution in [1.82, 2.24) is 0 Å². The van der Waals surface area contributed by atoms with Crippen molar-refractivity contribution in [1.29, 1.82) is 0 Å². The first-order valence-corrected chi connectivity index (χ1v) is 6.56. The summed E-state index contributed by atoms with van der Waals surface area (Å²) in [7, 11) is 0. The minimum atomic E-state index is -0.305. The van der Waals surface area contributed by atoms with Gasteiger partial charge in [0.1, 0.15) is 5.75 Å². The number of benzene rings is 1. The lowest BCUT2D eigenvalue weighted by molar-refractivity contribution is -0.129. The molecule has 0 amide bonds. The van der Waals surface area contributed by atoms with Crippen LogP contribution >= 0.6 is 0 Å². The summed E-state index contributed by atoms with van der Waals surface area (Å²) in [4.78, 5) is 11.7. The molecule has 0 unspecified atom stereocenters. The second-order valence-corrected chi connectivity index (χ2v) is 5.05. The van der Waals surface area contributed by atoms with Crippen LogP contribution in [0.25, 0.3) is 0 Å². The van der Waals surface area contributed by atoms with Crippen LogP contribution in [0.5, 0.6) is 5.75 Å². The Kier molecular flexibility index (Phi) is 6.07. The molecule has 1 aromatic rings. The van der Waals surface area contributed by atoms with E-state index in [4.69, 9.17) is 4.74 Å². The molecule has 0 bridgehead atoms. The Labute approximate surface area is 115 Å². The minimum absolute atomic E-state index is 0.305. The van der Waals surface area contributed by atoms with Crippen molar-refractivity contribution < 1.29 is 9.53 Å². The molecule has 0 aliphatic rings. The fourth-order valence-corrected chi connectivity index (χ4v) is 1.69. The number of esters is 1. The topological polar surface area (TPSA) is 26.3 Å². The van der Waals surface area contributed by atoms with E-state index in [1.165, 1.54) is 5.57 Å². The molecule has 2 heteroatoms. The monoisotopic (exact) mass is 258 g/mol. The van der Waals surface area contributed by atoms with Gasteiger partial charge in [0.25, 0.3) is 0 Å². The summed E-state index contributed by atoms with van der Waals surface area (Å²) in [6.45, 7) is 8.07. The van der Waals surface area contributed by atoms with Gasteiger partial charge >= 0.3 is 5.97 Å². The second kappa shape index (κ2) is 7.57. The number of hydrogen-bond donors (Lipinski definition) is 0. The van der Waals surface area contributed by atoms with Crippen LogP contribution in [0.4, 0.5) is 0 Å². The Balaban J connectivity index is 2.52. The van der Waals surface area contributed by atoms with E-state index in [1.54, 1.807) is 12.1 Å². The zero-order chi connectivity index (χ0) is 14.3. The molecule has 0 saturated carbocycles. The van der Waals surface area contributed by atoms with E-state index >= 15 is 0 Å². The fraction of sp³-hybridized carbons (Fsp3) is 0.353. The molecule has 0 atom stereocenters. The van der Waals surface area contributed by atoms with E-state index in [0.29, 0.717) is 5.75 Å². The Morgan fingerprint density at radius 3 is 2.63 bits per heavy atom. The summed E-state index contributed by atoms with van der Waals surface area (Å²) < 4.78 is 5.26. The normalized spacial score (nSPS) is 11.1. The highest BCUT2D eigenvalue weighted by atomic mass is 16.5. The highest BCUT2D eigenvalue weighted by Gasteiger charge is 2.02. The molecule has 0 saturated heterocycles. The maximum absolute atomic E-state index is 11.7. The van der Waals surface area contributed by atoms with Crippen LogP contribution < -0.4 is 4.74 Å². The molecule has 0 aliphatic heterocycles. The molecule has 0 aliphatic carbocycles. The van der Waals surface area contributed by atoms with Gasteiger partial charge in [-0.25, -0.2) is 4.79 Å². The van der Waals surface area contributed by atoms with Crippen LogP contribution in [0.3, 0.4) is 0 Å². The lowest BCUT2D eigenvalue weighted by Crippen LogP contribution is -2.04. The molecule has 0 spiro atoms. The largest absolute Gasteiger partial charge is 0.423 e. The molecule has 102 valence electrons. The number of allylic oxidation sites excluding steroid dienone is 3. The standard InChI is InChI=1S/C17H22O2/c1-13(2)7-5-8-15(4)12-17(18)19-16-10-6-9-14(3)11-16/h6-7,9-12H,5,8H2,1-4H3/b15-12+. The fourth-order valence-electron chi connectivity index (χ4n) is 1.69. The third kappa shape index (κ3) is 6.61. The summed E-state index contributed by atoms with van der Waals surface area (Å²) in [6.07, 6.45) is 5.58. The van der Waals surface area contributed by atoms with Crippen molar-refractivity contribution in [2.24, 2.45) is 0 Å². The SMILES string of the molecule is CC(C)=CCC/C(C)=C/C(=O)Oc1cccc(C)c1. The molecule has 19 heavy (non-hydrogen) atoms. The number of carbonyl (C=O) groups is 1. The van der Waals surface area contributed by atoms with Gasteiger partial charge in [-0.05, 0) is 58.2 Å². The molecule has 0 aromatic heterocycles. The van der Waals surface area contributed by atoms with Gasteiger partial charge in [0.2, 0.25) is 0 Å². The van der Waals surface area contributed by atoms with E-state index in [0.717, 1.165) is 24.0 Å². The summed E-state index contributed by atoms with van der Waals surface area (Å²) in [5.74, 6) is 0.290. The lowest BCUT2D eigenvalue weighted by atomic mass is 10.1. The van der Waals surface area contributed by atoms with E-state index in [1.807, 2.05) is 32.0 Å². The van der Waals surface area contributed by atoms with Gasteiger partial charge in [0, 0.05) is 6.08 Å². The van der Waals surface area contributed by atoms with Crippen LogP contribution in [0.2, 0.25) is 0 Å². The number of rotatable bonds is 5. The highest BCUT2D eigenvalue weighted by Crippen LogP contribution is 2.13. The summed E-state index contributed by atoms with van der Waals surface area (Å²) in [5, 5.41) is 0. The Morgan fingerprint density at radius 2 is 2.00 bits per heavy atom. The van der Waals surface area contributed by atoms with Crippen LogP contribution in [0.15, 0.2) is 47.6 Å². The molecular formula is C17H22O2. The van der Waals surface area contributed by atoms with E-state index < -0.39 is 0 Å². The molecule has 0 N–H and O–H groups in total. The van der Waals surface area contributed by atoms with Crippen LogP contribution in [-0.4, -0.2) is 5.97 Å². The van der Waals surface area contributed by atoms with Crippen molar-refractivity contribution in [3.63, 3.8) is 0 Å². The van der Waals surface area contributed by atoms with Gasteiger partial charge in [-0.3, -0.25) is 0 Å². The quantitative estimate of drug-likeness (QED) is 0.334. The van der Waals surface area contributed by atoms with Crippen molar-refractivity contribution in [3.8, 4) is 5.75 Å². The van der Waals surface area contributed by atoms with Gasteiger partial charge in [0.05, 0.1) is 0 Å². The Morgan fingerprint density at radius 1 is 1.26 bits per heavy atom. The molecule has 1 rings (SSSR count). The number of carbonyl (C=O) groups excluding carboxylic acids is 1. The third-order valence-electron chi connectivity index (χ3n) is 2.66. The van der Waals surface area contributed by atoms with Crippen molar-refractivity contribution in [2.45, 2.75) is 40.5 Å². The Bertz CT molecular complexity index is 492. The van der Waals surface area contributed by atoms with E-state index in [-0.39, 0.29) is 5.97 Å². The predicted octanol–water partition coefficient (Wildman–Crippen LogP) is 4.59. The first-order chi connectivity index (χ1) is 8.97. The first kappa shape index (κ1) is 15.2. The number of hydrogen-bond acceptors (Lipinski definition) is 2. The van der Waals surface area contributed by atoms with Gasteiger partial charge in [-0.2, -0.15) is 0 Å². The number of aryl methyl sites for hydroxylation is 1. The molecule has 0 radical (unpaired) electrons. The smallest absolute Gasteiger partial charge is 0.336 e. The van der Waals surface area contributed by atoms with E-state index in [2.05, 4.69) is 19.9 Å². The summed E-state index contributed by atoms with van der Waals surface area (Å²) in [5.41, 5.74) is 3.42. The van der Waals surface area contributed by atoms with Crippen molar-refractivity contribution in [2.75, 3.05) is 0 Å². The van der Waals surface area contributed by atoms with E-state index in [9.17, 15) is 4.79 Å². The molecule has 0 heterocycles. The van der Waals surface area contributed by atoms with Crippen LogP contribution in [-0.2, 0) is 4.79 Å². The van der Waals surface area contributed by atoms with Gasteiger partial charge in [-0.1, -0.05) is 29.4 Å². The van der Waals surface area contributed by atoms with Gasteiger partial charge in [-0.15, -0.1) is 0 Å². The zero-order valence-corrected chi connectivity index (χ0v) is 12.2. The molecular weight excluding hydrogens is 236 g/mol. The Hall–Kier alpha value is -1.83. The van der Waals surface area contributed by atoms with Crippen LogP contribution in [0, 0.1) is 6.92 Å². The maximum Gasteiger partial charge on any atom is 0.336 e. The summed E-state index contributed by atoms with van der Waals surface area (Å²) >= 11 is 0.